The lowest BCUT2D eigenvalue weighted by molar-refractivity contribution is 0.602. The fourth-order valence-electron chi connectivity index (χ4n) is 1.46. The number of hydrogen-bond acceptors (Lipinski definition) is 5. The number of pyridine rings is 1. The van der Waals surface area contributed by atoms with E-state index in [9.17, 15) is 13.2 Å². The second-order valence-electron chi connectivity index (χ2n) is 3.86. The molecule has 19 heavy (non-hydrogen) atoms. The van der Waals surface area contributed by atoms with Crippen LogP contribution in [0.2, 0.25) is 5.15 Å². The normalized spacial score (nSPS) is 11.5. The van der Waals surface area contributed by atoms with Gasteiger partial charge in [0.15, 0.2) is 4.21 Å². The molecular weight excluding hydrogens is 310 g/mol. The lowest BCUT2D eigenvalue weighted by Crippen LogP contribution is -2.13. The van der Waals surface area contributed by atoms with Crippen molar-refractivity contribution in [3.63, 3.8) is 0 Å². The van der Waals surface area contributed by atoms with Crippen molar-refractivity contribution >= 4 is 38.6 Å². The summed E-state index contributed by atoms with van der Waals surface area (Å²) < 4.78 is 26.5. The number of nitrogens with zero attached hydrogens (tertiary/aromatic N) is 1. The molecule has 0 amide bonds. The predicted molar refractivity (Wildman–Crippen MR) is 74.5 cm³/mol. The van der Waals surface area contributed by atoms with E-state index in [2.05, 4.69) is 14.7 Å². The molecule has 0 aliphatic carbocycles. The minimum Gasteiger partial charge on any atom is -0.315 e. The van der Waals surface area contributed by atoms with E-state index in [4.69, 9.17) is 11.6 Å². The smallest absolute Gasteiger partial charge is 0.306 e. The Morgan fingerprint density at radius 1 is 1.42 bits per heavy atom. The van der Waals surface area contributed by atoms with Crippen molar-refractivity contribution in [2.75, 3.05) is 4.72 Å². The molecule has 0 spiro atoms. The number of aromatic nitrogens is 2. The third-order valence-corrected chi connectivity index (χ3v) is 5.67. The third-order valence-electron chi connectivity index (χ3n) is 2.29. The number of thiazole rings is 1. The molecule has 0 aliphatic rings. The van der Waals surface area contributed by atoms with Crippen LogP contribution in [-0.4, -0.2) is 18.4 Å². The zero-order valence-corrected chi connectivity index (χ0v) is 12.4. The van der Waals surface area contributed by atoms with Crippen LogP contribution in [0.3, 0.4) is 0 Å². The van der Waals surface area contributed by atoms with Crippen molar-refractivity contribution < 1.29 is 8.42 Å². The first kappa shape index (κ1) is 14.0. The van der Waals surface area contributed by atoms with Crippen LogP contribution < -0.4 is 9.60 Å². The molecule has 0 bridgehead atoms. The van der Waals surface area contributed by atoms with Crippen molar-refractivity contribution in [2.24, 2.45) is 0 Å². The van der Waals surface area contributed by atoms with Crippen LogP contribution in [0.15, 0.2) is 21.3 Å². The van der Waals surface area contributed by atoms with E-state index in [1.165, 1.54) is 13.1 Å². The molecule has 2 aromatic rings. The van der Waals surface area contributed by atoms with E-state index in [0.29, 0.717) is 33.4 Å². The number of rotatable bonds is 3. The molecule has 9 heteroatoms. The Morgan fingerprint density at radius 2 is 2.11 bits per heavy atom. The Balaban J connectivity index is 2.39. The Kier molecular flexibility index (Phi) is 3.66. The van der Waals surface area contributed by atoms with Crippen molar-refractivity contribution in [1.29, 1.82) is 0 Å². The lowest BCUT2D eigenvalue weighted by Gasteiger charge is -2.07. The molecule has 102 valence electrons. The van der Waals surface area contributed by atoms with Gasteiger partial charge in [0, 0.05) is 5.69 Å². The highest BCUT2D eigenvalue weighted by Gasteiger charge is 2.20. The van der Waals surface area contributed by atoms with Crippen molar-refractivity contribution in [3.05, 3.63) is 38.3 Å². The van der Waals surface area contributed by atoms with Gasteiger partial charge in [-0.1, -0.05) is 22.9 Å². The molecular formula is C10H10ClN3O3S2. The topological polar surface area (TPSA) is 91.9 Å². The minimum atomic E-state index is -3.80. The summed E-state index contributed by atoms with van der Waals surface area (Å²) in [6, 6.07) is 1.57. The molecule has 2 aromatic heterocycles. The molecule has 2 rings (SSSR count). The predicted octanol–water partition coefficient (Wildman–Crippen LogP) is 1.90. The molecule has 0 aliphatic heterocycles. The minimum absolute atomic E-state index is 0.0369. The summed E-state index contributed by atoms with van der Waals surface area (Å²) in [4.78, 5) is 17.0. The molecule has 2 heterocycles. The molecule has 0 fully saturated rings. The van der Waals surface area contributed by atoms with E-state index >= 15 is 0 Å². The van der Waals surface area contributed by atoms with E-state index in [1.807, 2.05) is 0 Å². The molecule has 0 unspecified atom stereocenters. The van der Waals surface area contributed by atoms with Gasteiger partial charge in [-0.3, -0.25) is 9.52 Å². The maximum atomic E-state index is 12.1. The summed E-state index contributed by atoms with van der Waals surface area (Å²) in [6.45, 7) is 3.24. The highest BCUT2D eigenvalue weighted by molar-refractivity contribution is 7.94. The third kappa shape index (κ3) is 2.96. The van der Waals surface area contributed by atoms with Crippen LogP contribution in [0.25, 0.3) is 0 Å². The SMILES string of the molecule is Cc1cc(NS(=O)(=O)c2sc(=O)[nH]c2C)cnc1Cl. The van der Waals surface area contributed by atoms with E-state index in [0.717, 1.165) is 0 Å². The number of halogens is 1. The Hall–Kier alpha value is -1.38. The summed E-state index contributed by atoms with van der Waals surface area (Å²) in [6.07, 6.45) is 1.32. The van der Waals surface area contributed by atoms with Crippen LogP contribution in [0.4, 0.5) is 5.69 Å². The van der Waals surface area contributed by atoms with Gasteiger partial charge in [0.25, 0.3) is 10.0 Å². The van der Waals surface area contributed by atoms with Crippen LogP contribution in [0.5, 0.6) is 0 Å². The standard InChI is InChI=1S/C10H10ClN3O3S2/c1-5-3-7(4-12-8(5)11)14-19(16,17)9-6(2)13-10(15)18-9/h3-4,14H,1-2H3,(H,13,15). The number of nitrogens with one attached hydrogen (secondary N) is 2. The Bertz CT molecular complexity index is 780. The van der Waals surface area contributed by atoms with Gasteiger partial charge in [-0.15, -0.1) is 0 Å². The second-order valence-corrected chi connectivity index (χ2v) is 7.08. The molecule has 0 saturated heterocycles. The van der Waals surface area contributed by atoms with Gasteiger partial charge in [0.2, 0.25) is 0 Å². The molecule has 0 atom stereocenters. The summed E-state index contributed by atoms with van der Waals surface area (Å²) in [5.41, 5.74) is 1.25. The van der Waals surface area contributed by atoms with Crippen LogP contribution in [0, 0.1) is 13.8 Å². The maximum Gasteiger partial charge on any atom is 0.306 e. The fourth-order valence-corrected chi connectivity index (χ4v) is 3.90. The number of sulfonamides is 1. The summed E-state index contributed by atoms with van der Waals surface area (Å²) in [5.74, 6) is 0. The fraction of sp³-hybridized carbons (Fsp3) is 0.200. The molecule has 0 radical (unpaired) electrons. The first-order valence-corrected chi connectivity index (χ1v) is 7.82. The van der Waals surface area contributed by atoms with Crippen molar-refractivity contribution in [2.45, 2.75) is 18.1 Å². The average molecular weight is 320 g/mol. The number of aryl methyl sites for hydroxylation is 2. The Morgan fingerprint density at radius 3 is 2.63 bits per heavy atom. The second kappa shape index (κ2) is 4.95. The van der Waals surface area contributed by atoms with Gasteiger partial charge in [0.1, 0.15) is 5.15 Å². The summed E-state index contributed by atoms with van der Waals surface area (Å²) in [7, 11) is -3.80. The molecule has 6 nitrogen and oxygen atoms in total. The monoisotopic (exact) mass is 319 g/mol. The van der Waals surface area contributed by atoms with Crippen molar-refractivity contribution in [1.82, 2.24) is 9.97 Å². The number of aromatic amines is 1. The largest absolute Gasteiger partial charge is 0.315 e. The first-order chi connectivity index (χ1) is 8.79. The lowest BCUT2D eigenvalue weighted by atomic mass is 10.3. The van der Waals surface area contributed by atoms with Crippen LogP contribution in [-0.2, 0) is 10.0 Å². The van der Waals surface area contributed by atoms with Gasteiger partial charge >= 0.3 is 4.87 Å². The molecule has 2 N–H and O–H groups in total. The van der Waals surface area contributed by atoms with Gasteiger partial charge in [-0.2, -0.15) is 0 Å². The van der Waals surface area contributed by atoms with Crippen molar-refractivity contribution in [3.8, 4) is 0 Å². The van der Waals surface area contributed by atoms with Gasteiger partial charge < -0.3 is 4.98 Å². The Labute approximate surface area is 118 Å². The quantitative estimate of drug-likeness (QED) is 0.845. The molecule has 0 saturated carbocycles. The number of H-pyrrole nitrogens is 1. The molecule has 0 aromatic carbocycles. The summed E-state index contributed by atoms with van der Waals surface area (Å²) in [5, 5.41) is 0.311. The zero-order chi connectivity index (χ0) is 14.2. The average Bonchev–Trinajstić information content (AvgIpc) is 2.63. The highest BCUT2D eigenvalue weighted by atomic mass is 35.5. The van der Waals surface area contributed by atoms with E-state index in [-0.39, 0.29) is 4.21 Å². The maximum absolute atomic E-state index is 12.1. The van der Waals surface area contributed by atoms with Crippen LogP contribution in [0.1, 0.15) is 11.3 Å². The van der Waals surface area contributed by atoms with Gasteiger partial charge in [0.05, 0.1) is 11.9 Å². The van der Waals surface area contributed by atoms with Gasteiger partial charge in [-0.25, -0.2) is 13.4 Å². The van der Waals surface area contributed by atoms with E-state index in [1.54, 1.807) is 13.0 Å². The highest BCUT2D eigenvalue weighted by Crippen LogP contribution is 2.22. The zero-order valence-electron chi connectivity index (χ0n) is 10.0. The van der Waals surface area contributed by atoms with Gasteiger partial charge in [-0.05, 0) is 25.5 Å². The number of anilines is 1. The first-order valence-electron chi connectivity index (χ1n) is 5.14. The number of hydrogen-bond donors (Lipinski definition) is 2. The van der Waals surface area contributed by atoms with E-state index < -0.39 is 14.9 Å². The summed E-state index contributed by atoms with van der Waals surface area (Å²) >= 11 is 6.40. The van der Waals surface area contributed by atoms with Crippen LogP contribution >= 0.6 is 22.9 Å².